The molecule has 166 valence electrons. The van der Waals surface area contributed by atoms with Crippen molar-refractivity contribution >= 4 is 46.3 Å². The summed E-state index contributed by atoms with van der Waals surface area (Å²) in [7, 11) is 4.27. The molecule has 2 saturated heterocycles. The van der Waals surface area contributed by atoms with Gasteiger partial charge in [0.05, 0.1) is 10.7 Å². The lowest BCUT2D eigenvalue weighted by atomic mass is 10.2. The van der Waals surface area contributed by atoms with Crippen molar-refractivity contribution in [1.29, 1.82) is 0 Å². The van der Waals surface area contributed by atoms with Gasteiger partial charge in [-0.25, -0.2) is 4.79 Å². The summed E-state index contributed by atoms with van der Waals surface area (Å²) in [5.41, 5.74) is 2.98. The van der Waals surface area contributed by atoms with Crippen molar-refractivity contribution in [3.63, 3.8) is 0 Å². The molecule has 4 rings (SSSR count). The minimum atomic E-state index is -0.0663. The number of anilines is 3. The highest BCUT2D eigenvalue weighted by Gasteiger charge is 2.25. The fourth-order valence-electron chi connectivity index (χ4n) is 4.24. The first-order chi connectivity index (χ1) is 14.9. The zero-order valence-electron chi connectivity index (χ0n) is 18.0. The van der Waals surface area contributed by atoms with Gasteiger partial charge in [-0.05, 0) is 63.0 Å². The predicted molar refractivity (Wildman–Crippen MR) is 130 cm³/mol. The average molecular weight is 462 g/mol. The number of amides is 2. The van der Waals surface area contributed by atoms with Crippen molar-refractivity contribution < 1.29 is 4.79 Å². The Morgan fingerprint density at radius 1 is 0.968 bits per heavy atom. The van der Waals surface area contributed by atoms with Gasteiger partial charge >= 0.3 is 6.03 Å². The van der Waals surface area contributed by atoms with E-state index in [4.69, 9.17) is 23.2 Å². The molecule has 2 heterocycles. The Morgan fingerprint density at radius 2 is 1.68 bits per heavy atom. The lowest BCUT2D eigenvalue weighted by Gasteiger charge is -2.36. The quantitative estimate of drug-likeness (QED) is 0.728. The van der Waals surface area contributed by atoms with Gasteiger partial charge in [0.2, 0.25) is 0 Å². The fraction of sp³-hybridized carbons (Fsp3) is 0.435. The average Bonchev–Trinajstić information content (AvgIpc) is 3.25. The van der Waals surface area contributed by atoms with Crippen LogP contribution in [0, 0.1) is 0 Å². The maximum atomic E-state index is 12.7. The Morgan fingerprint density at radius 3 is 2.29 bits per heavy atom. The van der Waals surface area contributed by atoms with Crippen LogP contribution in [0.3, 0.4) is 0 Å². The Balaban J connectivity index is 1.29. The summed E-state index contributed by atoms with van der Waals surface area (Å²) >= 11 is 12.3. The number of urea groups is 1. The summed E-state index contributed by atoms with van der Waals surface area (Å²) in [6.07, 6.45) is 1.18. The van der Waals surface area contributed by atoms with E-state index in [9.17, 15) is 4.79 Å². The molecule has 0 saturated carbocycles. The van der Waals surface area contributed by atoms with Crippen molar-refractivity contribution in [1.82, 2.24) is 9.80 Å². The molecule has 0 bridgehead atoms. The Kier molecular flexibility index (Phi) is 6.80. The molecule has 2 aliphatic heterocycles. The molecule has 0 spiro atoms. The highest BCUT2D eigenvalue weighted by atomic mass is 35.5. The first-order valence-electron chi connectivity index (χ1n) is 10.7. The second-order valence-electron chi connectivity index (χ2n) is 8.40. The number of nitrogens with one attached hydrogen (secondary N) is 1. The van der Waals surface area contributed by atoms with E-state index in [1.54, 1.807) is 6.07 Å². The molecule has 2 fully saturated rings. The number of carbonyl (C=O) groups excluding carboxylic acids is 1. The highest BCUT2D eigenvalue weighted by Crippen LogP contribution is 2.29. The van der Waals surface area contributed by atoms with Gasteiger partial charge in [0.15, 0.2) is 0 Å². The van der Waals surface area contributed by atoms with Crippen LogP contribution >= 0.6 is 23.2 Å². The first kappa shape index (κ1) is 22.1. The van der Waals surface area contributed by atoms with Gasteiger partial charge in [-0.3, -0.25) is 0 Å². The largest absolute Gasteiger partial charge is 0.370 e. The molecule has 8 heteroatoms. The molecule has 2 aromatic carbocycles. The minimum Gasteiger partial charge on any atom is -0.370 e. The molecule has 1 atom stereocenters. The number of hydrogen-bond donors (Lipinski definition) is 1. The topological polar surface area (TPSA) is 42.1 Å². The van der Waals surface area contributed by atoms with E-state index in [2.05, 4.69) is 46.2 Å². The molecule has 2 aromatic rings. The van der Waals surface area contributed by atoms with E-state index >= 15 is 0 Å². The van der Waals surface area contributed by atoms with Gasteiger partial charge < -0.3 is 24.9 Å². The third kappa shape index (κ3) is 5.20. The van der Waals surface area contributed by atoms with Crippen LogP contribution in [-0.4, -0.2) is 75.2 Å². The minimum absolute atomic E-state index is 0.0663. The lowest BCUT2D eigenvalue weighted by molar-refractivity contribution is 0.208. The summed E-state index contributed by atoms with van der Waals surface area (Å²) < 4.78 is 0. The zero-order valence-corrected chi connectivity index (χ0v) is 19.5. The number of carbonyl (C=O) groups is 1. The number of piperazine rings is 1. The smallest absolute Gasteiger partial charge is 0.321 e. The summed E-state index contributed by atoms with van der Waals surface area (Å²) in [5, 5.41) is 4.29. The maximum absolute atomic E-state index is 12.7. The van der Waals surface area contributed by atoms with Crippen molar-refractivity contribution in [2.24, 2.45) is 0 Å². The molecule has 31 heavy (non-hydrogen) atoms. The van der Waals surface area contributed by atoms with Gasteiger partial charge in [0.1, 0.15) is 0 Å². The molecular formula is C23H29Cl2N5O. The van der Waals surface area contributed by atoms with Crippen LogP contribution in [-0.2, 0) is 0 Å². The third-order valence-corrected chi connectivity index (χ3v) is 6.73. The van der Waals surface area contributed by atoms with Gasteiger partial charge in [-0.1, -0.05) is 23.2 Å². The Labute approximate surface area is 194 Å². The van der Waals surface area contributed by atoms with Crippen molar-refractivity contribution in [3.05, 3.63) is 52.5 Å². The van der Waals surface area contributed by atoms with Crippen LogP contribution in [0.5, 0.6) is 0 Å². The second kappa shape index (κ2) is 9.55. The van der Waals surface area contributed by atoms with Gasteiger partial charge in [-0.15, -0.1) is 0 Å². The number of hydrogen-bond acceptors (Lipinski definition) is 4. The number of nitrogens with zero attached hydrogens (tertiary/aromatic N) is 4. The Bertz CT molecular complexity index is 913. The monoisotopic (exact) mass is 461 g/mol. The van der Waals surface area contributed by atoms with Crippen LogP contribution in [0.15, 0.2) is 42.5 Å². The predicted octanol–water partition coefficient (Wildman–Crippen LogP) is 4.49. The molecule has 6 nitrogen and oxygen atoms in total. The molecular weight excluding hydrogens is 433 g/mol. The van der Waals surface area contributed by atoms with E-state index in [0.29, 0.717) is 29.2 Å². The van der Waals surface area contributed by atoms with Crippen LogP contribution < -0.4 is 15.1 Å². The van der Waals surface area contributed by atoms with Crippen molar-refractivity contribution in [2.45, 2.75) is 12.5 Å². The SMILES string of the molecule is CN(C)C1CCN(c2ccc(NC(=O)N3CCN(c4ccc(Cl)cc4Cl)CC3)cc2)C1. The fourth-order valence-corrected chi connectivity index (χ4v) is 4.77. The molecule has 1 unspecified atom stereocenters. The normalized spacial score (nSPS) is 19.3. The second-order valence-corrected chi connectivity index (χ2v) is 9.24. The van der Waals surface area contributed by atoms with Gasteiger partial charge in [0, 0.05) is 61.7 Å². The summed E-state index contributed by atoms with van der Waals surface area (Å²) in [5.74, 6) is 0. The molecule has 0 aliphatic carbocycles. The number of halogens is 2. The van der Waals surface area contributed by atoms with E-state index < -0.39 is 0 Å². The molecule has 2 aliphatic rings. The summed E-state index contributed by atoms with van der Waals surface area (Å²) in [6, 6.07) is 14.2. The van der Waals surface area contributed by atoms with Crippen LogP contribution in [0.25, 0.3) is 0 Å². The molecule has 2 amide bonds. The van der Waals surface area contributed by atoms with Gasteiger partial charge in [0.25, 0.3) is 0 Å². The summed E-state index contributed by atoms with van der Waals surface area (Å²) in [4.78, 5) is 21.4. The van der Waals surface area contributed by atoms with Crippen LogP contribution in [0.4, 0.5) is 21.9 Å². The van der Waals surface area contributed by atoms with E-state index in [1.165, 1.54) is 12.1 Å². The van der Waals surface area contributed by atoms with Crippen molar-refractivity contribution in [3.8, 4) is 0 Å². The van der Waals surface area contributed by atoms with Crippen molar-refractivity contribution in [2.75, 3.05) is 68.5 Å². The number of rotatable bonds is 4. The standard InChI is InChI=1S/C23H29Cl2N5O/c1-27(2)20-9-10-30(16-20)19-6-4-18(5-7-19)26-23(31)29-13-11-28(12-14-29)22-8-3-17(24)15-21(22)25/h3-8,15,20H,9-14,16H2,1-2H3,(H,26,31). The van der Waals surface area contributed by atoms with Gasteiger partial charge in [-0.2, -0.15) is 0 Å². The van der Waals surface area contributed by atoms with E-state index in [1.807, 2.05) is 29.2 Å². The first-order valence-corrected chi connectivity index (χ1v) is 11.4. The van der Waals surface area contributed by atoms with E-state index in [-0.39, 0.29) is 6.03 Å². The molecule has 1 N–H and O–H groups in total. The zero-order chi connectivity index (χ0) is 22.0. The molecule has 0 radical (unpaired) electrons. The van der Waals surface area contributed by atoms with E-state index in [0.717, 1.165) is 37.6 Å². The Hall–Kier alpha value is -2.15. The third-order valence-electron chi connectivity index (χ3n) is 6.19. The van der Waals surface area contributed by atoms with Crippen LogP contribution in [0.1, 0.15) is 6.42 Å². The molecule has 0 aromatic heterocycles. The maximum Gasteiger partial charge on any atom is 0.321 e. The number of benzene rings is 2. The van der Waals surface area contributed by atoms with Crippen LogP contribution in [0.2, 0.25) is 10.0 Å². The lowest BCUT2D eigenvalue weighted by Crippen LogP contribution is -2.50. The number of likely N-dealkylation sites (N-methyl/N-ethyl adjacent to an activating group) is 1. The highest BCUT2D eigenvalue weighted by molar-refractivity contribution is 6.36. The summed E-state index contributed by atoms with van der Waals surface area (Å²) in [6.45, 7) is 4.85.